The Balaban J connectivity index is 1.16. The Labute approximate surface area is 202 Å². The van der Waals surface area contributed by atoms with Gasteiger partial charge in [-0.25, -0.2) is 4.98 Å². The number of rotatable bonds is 9. The zero-order chi connectivity index (χ0) is 23.5. The molecule has 5 heteroatoms. The molecule has 6 rings (SSSR count). The van der Waals surface area contributed by atoms with Gasteiger partial charge in [0.1, 0.15) is 17.1 Å². The predicted octanol–water partition coefficient (Wildman–Crippen LogP) is 5.46. The smallest absolute Gasteiger partial charge is 0.144 e. The van der Waals surface area contributed by atoms with Crippen LogP contribution < -0.4 is 4.74 Å². The van der Waals surface area contributed by atoms with Crippen LogP contribution >= 0.6 is 0 Å². The zero-order valence-corrected chi connectivity index (χ0v) is 20.5. The molecule has 1 saturated carbocycles. The number of imidazole rings is 1. The number of para-hydroxylation sites is 1. The molecule has 0 saturated heterocycles. The summed E-state index contributed by atoms with van der Waals surface area (Å²) in [6.45, 7) is 1.91. The molecule has 1 fully saturated rings. The lowest BCUT2D eigenvalue weighted by molar-refractivity contribution is -0.0299. The maximum Gasteiger partial charge on any atom is 0.144 e. The fraction of sp³-hybridized carbons (Fsp3) is 0.483. The van der Waals surface area contributed by atoms with Crippen molar-refractivity contribution in [1.29, 1.82) is 0 Å². The number of ether oxygens (including phenoxy) is 1. The summed E-state index contributed by atoms with van der Waals surface area (Å²) in [5.41, 5.74) is 4.15. The molecule has 3 atom stereocenters. The van der Waals surface area contributed by atoms with Crippen LogP contribution in [-0.4, -0.2) is 52.8 Å². The quantitative estimate of drug-likeness (QED) is 0.446. The van der Waals surface area contributed by atoms with Crippen molar-refractivity contribution >= 4 is 16.6 Å². The Kier molecular flexibility index (Phi) is 6.75. The number of benzene rings is 2. The molecule has 5 nitrogen and oxygen atoms in total. The lowest BCUT2D eigenvalue weighted by Gasteiger charge is -2.41. The van der Waals surface area contributed by atoms with E-state index in [4.69, 9.17) is 9.72 Å². The molecule has 0 unspecified atom stereocenters. The van der Waals surface area contributed by atoms with E-state index in [1.54, 1.807) is 7.11 Å². The highest BCUT2D eigenvalue weighted by Crippen LogP contribution is 2.49. The third-order valence-corrected chi connectivity index (χ3v) is 7.91. The van der Waals surface area contributed by atoms with Gasteiger partial charge in [0, 0.05) is 18.9 Å². The molecular formula is C29H37N3O2. The van der Waals surface area contributed by atoms with Crippen LogP contribution in [0.3, 0.4) is 0 Å². The summed E-state index contributed by atoms with van der Waals surface area (Å²) in [5, 5.41) is 11.7. The van der Waals surface area contributed by atoms with E-state index in [9.17, 15) is 5.11 Å². The van der Waals surface area contributed by atoms with Gasteiger partial charge in [-0.1, -0.05) is 48.9 Å². The summed E-state index contributed by atoms with van der Waals surface area (Å²) in [4.78, 5) is 10.5. The first-order chi connectivity index (χ1) is 16.6. The molecule has 0 aliphatic heterocycles. The molecule has 2 N–H and O–H groups in total. The third kappa shape index (κ3) is 4.77. The highest BCUT2D eigenvalue weighted by Gasteiger charge is 2.44. The number of hydrogen-bond acceptors (Lipinski definition) is 4. The molecule has 3 aliphatic carbocycles. The Morgan fingerprint density at radius 1 is 1.12 bits per heavy atom. The monoisotopic (exact) mass is 459 g/mol. The average molecular weight is 460 g/mol. The molecule has 0 radical (unpaired) electrons. The van der Waals surface area contributed by atoms with E-state index < -0.39 is 5.60 Å². The van der Waals surface area contributed by atoms with Gasteiger partial charge in [-0.05, 0) is 74.9 Å². The van der Waals surface area contributed by atoms with Gasteiger partial charge in [-0.2, -0.15) is 0 Å². The fourth-order valence-electron chi connectivity index (χ4n) is 6.00. The molecule has 3 aliphatic rings. The number of aromatic amines is 1. The molecule has 180 valence electrons. The molecule has 2 bridgehead atoms. The average Bonchev–Trinajstić information content (AvgIpc) is 3.06. The van der Waals surface area contributed by atoms with Crippen molar-refractivity contribution < 1.29 is 9.84 Å². The van der Waals surface area contributed by atoms with Crippen LogP contribution in [-0.2, 0) is 6.42 Å². The lowest BCUT2D eigenvalue weighted by atomic mass is 9.70. The second-order valence-corrected chi connectivity index (χ2v) is 10.2. The first kappa shape index (κ1) is 23.1. The van der Waals surface area contributed by atoms with E-state index in [2.05, 4.69) is 53.3 Å². The van der Waals surface area contributed by atoms with Crippen molar-refractivity contribution in [3.63, 3.8) is 0 Å². The van der Waals surface area contributed by atoms with E-state index in [1.165, 1.54) is 24.0 Å². The molecule has 1 aromatic heterocycles. The molecule has 2 aromatic carbocycles. The summed E-state index contributed by atoms with van der Waals surface area (Å²) in [7, 11) is 3.86. The number of methoxy groups -OCH3 is 1. The zero-order valence-electron chi connectivity index (χ0n) is 20.5. The van der Waals surface area contributed by atoms with Crippen LogP contribution in [0, 0.1) is 11.8 Å². The number of fused-ring (bicyclic) bond motifs is 4. The van der Waals surface area contributed by atoms with E-state index in [0.29, 0.717) is 5.92 Å². The van der Waals surface area contributed by atoms with Gasteiger partial charge in [0.05, 0.1) is 18.2 Å². The van der Waals surface area contributed by atoms with Gasteiger partial charge in [-0.15, -0.1) is 0 Å². The van der Waals surface area contributed by atoms with Crippen LogP contribution in [0.2, 0.25) is 0 Å². The van der Waals surface area contributed by atoms with E-state index >= 15 is 0 Å². The van der Waals surface area contributed by atoms with Crippen LogP contribution in [0.1, 0.15) is 49.9 Å². The van der Waals surface area contributed by atoms with Crippen molar-refractivity contribution in [2.75, 3.05) is 27.2 Å². The summed E-state index contributed by atoms with van der Waals surface area (Å²) >= 11 is 0. The standard InChI is InChI=1S/C29H37N3O2/c1-32(17-8-15-27-30-25-13-7-14-26(34-2)28(25)31-27)18-16-29(33)20-22-11-6-12-23(29)19-24(22)21-9-4-3-5-10-21/h3-5,7,9-10,13-14,19,22-23,33H,6,8,11-12,15-18,20H2,1-2H3,(H,30,31)/t22-,23-,29+/m1/s1. The van der Waals surface area contributed by atoms with Gasteiger partial charge in [0.15, 0.2) is 0 Å². The van der Waals surface area contributed by atoms with Gasteiger partial charge >= 0.3 is 0 Å². The number of aryl methyl sites for hydroxylation is 1. The molecule has 0 spiro atoms. The number of aromatic nitrogens is 2. The normalized spacial score (nSPS) is 24.4. The van der Waals surface area contributed by atoms with Gasteiger partial charge in [0.25, 0.3) is 0 Å². The maximum absolute atomic E-state index is 11.7. The largest absolute Gasteiger partial charge is 0.494 e. The number of hydrogen-bond donors (Lipinski definition) is 2. The van der Waals surface area contributed by atoms with Crippen molar-refractivity contribution in [3.8, 4) is 5.75 Å². The van der Waals surface area contributed by atoms with Crippen LogP contribution in [0.4, 0.5) is 0 Å². The first-order valence-electron chi connectivity index (χ1n) is 12.8. The summed E-state index contributed by atoms with van der Waals surface area (Å²) in [6, 6.07) is 16.7. The van der Waals surface area contributed by atoms with Crippen molar-refractivity contribution in [2.45, 2.75) is 50.5 Å². The minimum Gasteiger partial charge on any atom is -0.494 e. The topological polar surface area (TPSA) is 61.4 Å². The molecular weight excluding hydrogens is 422 g/mol. The third-order valence-electron chi connectivity index (χ3n) is 7.91. The predicted molar refractivity (Wildman–Crippen MR) is 138 cm³/mol. The van der Waals surface area contributed by atoms with Crippen molar-refractivity contribution in [1.82, 2.24) is 14.9 Å². The second-order valence-electron chi connectivity index (χ2n) is 10.2. The summed E-state index contributed by atoms with van der Waals surface area (Å²) < 4.78 is 5.44. The minimum atomic E-state index is -0.580. The number of H-pyrrole nitrogens is 1. The van der Waals surface area contributed by atoms with E-state index in [0.717, 1.165) is 67.8 Å². The number of nitrogens with zero attached hydrogens (tertiary/aromatic N) is 2. The Hall–Kier alpha value is -2.63. The number of aliphatic hydroxyl groups is 1. The van der Waals surface area contributed by atoms with Crippen molar-refractivity contribution in [3.05, 3.63) is 66.0 Å². The molecule has 0 amide bonds. The van der Waals surface area contributed by atoms with E-state index in [-0.39, 0.29) is 5.92 Å². The van der Waals surface area contributed by atoms with E-state index in [1.807, 2.05) is 18.2 Å². The number of allylic oxidation sites excluding steroid dienone is 1. The fourth-order valence-corrected chi connectivity index (χ4v) is 6.00. The van der Waals surface area contributed by atoms with Crippen LogP contribution in [0.15, 0.2) is 54.6 Å². The molecule has 34 heavy (non-hydrogen) atoms. The first-order valence-corrected chi connectivity index (χ1v) is 12.8. The highest BCUT2D eigenvalue weighted by molar-refractivity contribution is 5.81. The van der Waals surface area contributed by atoms with Gasteiger partial charge in [0.2, 0.25) is 0 Å². The van der Waals surface area contributed by atoms with Crippen LogP contribution in [0.5, 0.6) is 5.75 Å². The number of nitrogens with one attached hydrogen (secondary N) is 1. The second kappa shape index (κ2) is 9.93. The Morgan fingerprint density at radius 3 is 2.79 bits per heavy atom. The van der Waals surface area contributed by atoms with Gasteiger partial charge in [-0.3, -0.25) is 0 Å². The highest BCUT2D eigenvalue weighted by atomic mass is 16.5. The van der Waals surface area contributed by atoms with Crippen LogP contribution in [0.25, 0.3) is 16.6 Å². The molecule has 3 aromatic rings. The lowest BCUT2D eigenvalue weighted by Crippen LogP contribution is -2.43. The Morgan fingerprint density at radius 2 is 1.97 bits per heavy atom. The Bertz CT molecular complexity index is 1140. The summed E-state index contributed by atoms with van der Waals surface area (Å²) in [5.74, 6) is 2.58. The SMILES string of the molecule is COc1cccc2nc(CCCN(C)CC[C@]3(O)C[C@H]4CCC[C@@H]3C=C4c3ccccc3)[nH]c12. The minimum absolute atomic E-state index is 0.264. The molecule has 1 heterocycles. The maximum atomic E-state index is 11.7. The summed E-state index contributed by atoms with van der Waals surface area (Å²) in [6.07, 6.45) is 9.58. The van der Waals surface area contributed by atoms with Gasteiger partial charge < -0.3 is 19.7 Å². The van der Waals surface area contributed by atoms with Crippen molar-refractivity contribution in [2.24, 2.45) is 11.8 Å².